The Hall–Kier alpha value is -2.66. The molecule has 1 aromatic heterocycles. The average Bonchev–Trinajstić information content (AvgIpc) is 2.75. The molecule has 2 unspecified atom stereocenters. The number of benzene rings is 1. The van der Waals surface area contributed by atoms with Crippen LogP contribution in [0, 0.1) is 11.7 Å². The summed E-state index contributed by atoms with van der Waals surface area (Å²) in [4.78, 5) is 20.7. The van der Waals surface area contributed by atoms with Crippen LogP contribution in [-0.2, 0) is 16.5 Å². The number of nitrogens with two attached hydrogens (primary N) is 1. The van der Waals surface area contributed by atoms with E-state index in [9.17, 15) is 22.4 Å². The summed E-state index contributed by atoms with van der Waals surface area (Å²) in [5.41, 5.74) is 4.29. The lowest BCUT2D eigenvalue weighted by molar-refractivity contribution is -0.137. The minimum atomic E-state index is -4.55. The lowest BCUT2D eigenvalue weighted by Gasteiger charge is -2.45. The number of amidine groups is 1. The molecule has 0 saturated carbocycles. The molecule has 0 bridgehead atoms. The standard InChI is InChI=1S/C21H20F4N4O2S/c1-11-6-13-9-32-19(26)29-20(13,10-31-11)15-7-14(3-4-16(15)22)28-18(30)17-5-2-12(8-27-17)21(23,24)25/h2-5,7-8,11,13H,6,9-10H2,1H3,(H2,26,29)(H,28,30)/t11-,13?,20?/m0/s1. The Morgan fingerprint density at radius 2 is 2.09 bits per heavy atom. The van der Waals surface area contributed by atoms with Crippen LogP contribution < -0.4 is 11.1 Å². The molecule has 2 aliphatic heterocycles. The predicted octanol–water partition coefficient (Wildman–Crippen LogP) is 4.17. The highest BCUT2D eigenvalue weighted by atomic mass is 32.2. The fraction of sp³-hybridized carbons (Fsp3) is 0.381. The van der Waals surface area contributed by atoms with Gasteiger partial charge in [-0.1, -0.05) is 11.8 Å². The normalized spacial score (nSPS) is 25.6. The van der Waals surface area contributed by atoms with Crippen LogP contribution in [0.3, 0.4) is 0 Å². The van der Waals surface area contributed by atoms with Crippen LogP contribution in [0.15, 0.2) is 41.5 Å². The SMILES string of the molecule is C[C@H]1CC2CSC(N)=NC2(c2cc(NC(=O)c3ccc(C(F)(F)F)cn3)ccc2F)CO1. The molecule has 2 aromatic rings. The Labute approximate surface area is 185 Å². The number of halogens is 4. The Balaban J connectivity index is 1.63. The van der Waals surface area contributed by atoms with Gasteiger partial charge in [0, 0.05) is 29.1 Å². The zero-order valence-corrected chi connectivity index (χ0v) is 17.8. The second kappa shape index (κ2) is 8.36. The molecule has 4 rings (SSSR count). The molecule has 6 nitrogen and oxygen atoms in total. The smallest absolute Gasteiger partial charge is 0.379 e. The predicted molar refractivity (Wildman–Crippen MR) is 113 cm³/mol. The second-order valence-electron chi connectivity index (χ2n) is 7.82. The summed E-state index contributed by atoms with van der Waals surface area (Å²) in [5, 5.41) is 2.90. The van der Waals surface area contributed by atoms with Crippen LogP contribution in [0.2, 0.25) is 0 Å². The summed E-state index contributed by atoms with van der Waals surface area (Å²) < 4.78 is 58.9. The topological polar surface area (TPSA) is 89.6 Å². The molecule has 3 N–H and O–H groups in total. The van der Waals surface area contributed by atoms with Crippen LogP contribution in [-0.4, -0.2) is 34.5 Å². The number of alkyl halides is 3. The van der Waals surface area contributed by atoms with Crippen molar-refractivity contribution < 1.29 is 27.1 Å². The van der Waals surface area contributed by atoms with Crippen molar-refractivity contribution in [1.82, 2.24) is 4.98 Å². The number of aromatic nitrogens is 1. The summed E-state index contributed by atoms with van der Waals surface area (Å²) in [6, 6.07) is 5.80. The van der Waals surface area contributed by atoms with Crippen LogP contribution in [0.25, 0.3) is 0 Å². The maximum absolute atomic E-state index is 15.0. The van der Waals surface area contributed by atoms with E-state index in [1.54, 1.807) is 0 Å². The molecule has 2 aliphatic rings. The van der Waals surface area contributed by atoms with Crippen LogP contribution in [0.1, 0.15) is 35.0 Å². The van der Waals surface area contributed by atoms with Crippen molar-refractivity contribution >= 4 is 28.5 Å². The summed E-state index contributed by atoms with van der Waals surface area (Å²) in [7, 11) is 0. The maximum Gasteiger partial charge on any atom is 0.417 e. The highest BCUT2D eigenvalue weighted by molar-refractivity contribution is 8.13. The highest BCUT2D eigenvalue weighted by Gasteiger charge is 2.48. The number of nitrogens with one attached hydrogen (secondary N) is 1. The Bertz CT molecular complexity index is 1060. The van der Waals surface area contributed by atoms with Crippen molar-refractivity contribution in [2.45, 2.75) is 31.2 Å². The minimum absolute atomic E-state index is 0.0000551. The summed E-state index contributed by atoms with van der Waals surface area (Å²) in [6.07, 6.45) is -3.29. The molecule has 0 radical (unpaired) electrons. The fourth-order valence-electron chi connectivity index (χ4n) is 3.98. The van der Waals surface area contributed by atoms with E-state index in [1.807, 2.05) is 6.92 Å². The first-order valence-electron chi connectivity index (χ1n) is 9.83. The quantitative estimate of drug-likeness (QED) is 0.660. The lowest BCUT2D eigenvalue weighted by atomic mass is 9.75. The Morgan fingerprint density at radius 3 is 2.78 bits per heavy atom. The number of fused-ring (bicyclic) bond motifs is 1. The van der Waals surface area contributed by atoms with Gasteiger partial charge in [-0.2, -0.15) is 13.2 Å². The number of ether oxygens (including phenoxy) is 1. The monoisotopic (exact) mass is 468 g/mol. The van der Waals surface area contributed by atoms with E-state index < -0.39 is 29.0 Å². The summed E-state index contributed by atoms with van der Waals surface area (Å²) >= 11 is 1.41. The summed E-state index contributed by atoms with van der Waals surface area (Å²) in [5.74, 6) is -0.585. The van der Waals surface area contributed by atoms with Crippen molar-refractivity contribution in [3.05, 3.63) is 59.2 Å². The van der Waals surface area contributed by atoms with E-state index in [0.717, 1.165) is 12.1 Å². The highest BCUT2D eigenvalue weighted by Crippen LogP contribution is 2.47. The molecule has 0 spiro atoms. The van der Waals surface area contributed by atoms with Crippen molar-refractivity contribution in [2.75, 3.05) is 17.7 Å². The zero-order chi connectivity index (χ0) is 23.1. The molecule has 1 amide bonds. The van der Waals surface area contributed by atoms with Crippen molar-refractivity contribution in [1.29, 1.82) is 0 Å². The van der Waals surface area contributed by atoms with E-state index in [4.69, 9.17) is 10.5 Å². The van der Waals surface area contributed by atoms with Crippen LogP contribution in [0.5, 0.6) is 0 Å². The molecule has 1 aromatic carbocycles. The number of amides is 1. The molecule has 1 fully saturated rings. The Morgan fingerprint density at radius 1 is 1.31 bits per heavy atom. The van der Waals surface area contributed by atoms with Gasteiger partial charge in [-0.3, -0.25) is 9.78 Å². The fourth-order valence-corrected chi connectivity index (χ4v) is 4.99. The maximum atomic E-state index is 15.0. The van der Waals surface area contributed by atoms with Crippen molar-refractivity contribution in [2.24, 2.45) is 16.6 Å². The number of aliphatic imine (C=N–C) groups is 1. The number of hydrogen-bond donors (Lipinski definition) is 2. The Kier molecular flexibility index (Phi) is 5.89. The lowest BCUT2D eigenvalue weighted by Crippen LogP contribution is -2.50. The number of thioether (sulfide) groups is 1. The van der Waals surface area contributed by atoms with Crippen LogP contribution in [0.4, 0.5) is 23.2 Å². The van der Waals surface area contributed by atoms with Gasteiger partial charge in [-0.25, -0.2) is 9.38 Å². The number of anilines is 1. The molecule has 3 heterocycles. The van der Waals surface area contributed by atoms with Gasteiger partial charge in [0.25, 0.3) is 5.91 Å². The molecule has 3 atom stereocenters. The number of rotatable bonds is 3. The first-order chi connectivity index (χ1) is 15.1. The van der Waals surface area contributed by atoms with Crippen molar-refractivity contribution in [3.8, 4) is 0 Å². The van der Waals surface area contributed by atoms with Crippen LogP contribution >= 0.6 is 11.8 Å². The third-order valence-corrected chi connectivity index (χ3v) is 6.59. The van der Waals surface area contributed by atoms with E-state index >= 15 is 0 Å². The van der Waals surface area contributed by atoms with Gasteiger partial charge in [-0.05, 0) is 43.7 Å². The zero-order valence-electron chi connectivity index (χ0n) is 16.9. The minimum Gasteiger partial charge on any atom is -0.379 e. The molecular formula is C21H20F4N4O2S. The molecule has 32 heavy (non-hydrogen) atoms. The van der Waals surface area contributed by atoms with Gasteiger partial charge in [0.2, 0.25) is 0 Å². The van der Waals surface area contributed by atoms with E-state index in [-0.39, 0.29) is 35.6 Å². The molecular weight excluding hydrogens is 448 g/mol. The number of carbonyl (C=O) groups excluding carboxylic acids is 1. The van der Waals surface area contributed by atoms with Crippen molar-refractivity contribution in [3.63, 3.8) is 0 Å². The van der Waals surface area contributed by atoms with E-state index in [1.165, 1.54) is 30.0 Å². The third-order valence-electron chi connectivity index (χ3n) is 5.64. The van der Waals surface area contributed by atoms with Gasteiger partial charge < -0.3 is 15.8 Å². The molecule has 170 valence electrons. The molecule has 0 aliphatic carbocycles. The van der Waals surface area contributed by atoms with E-state index in [0.29, 0.717) is 23.5 Å². The first kappa shape index (κ1) is 22.5. The average molecular weight is 468 g/mol. The number of carbonyl (C=O) groups is 1. The first-order valence-corrected chi connectivity index (χ1v) is 10.8. The number of nitrogens with zero attached hydrogens (tertiary/aromatic N) is 2. The van der Waals surface area contributed by atoms with Gasteiger partial charge in [0.15, 0.2) is 5.17 Å². The molecule has 1 saturated heterocycles. The van der Waals surface area contributed by atoms with Gasteiger partial charge in [0.05, 0.1) is 18.3 Å². The van der Waals surface area contributed by atoms with E-state index in [2.05, 4.69) is 15.3 Å². The summed E-state index contributed by atoms with van der Waals surface area (Å²) in [6.45, 7) is 2.09. The largest absolute Gasteiger partial charge is 0.417 e. The number of hydrogen-bond acceptors (Lipinski definition) is 6. The van der Waals surface area contributed by atoms with Gasteiger partial charge >= 0.3 is 6.18 Å². The second-order valence-corrected chi connectivity index (χ2v) is 8.86. The number of pyridine rings is 1. The van der Waals surface area contributed by atoms with Gasteiger partial charge in [-0.15, -0.1) is 0 Å². The molecule has 11 heteroatoms. The van der Waals surface area contributed by atoms with Gasteiger partial charge in [0.1, 0.15) is 17.1 Å². The third kappa shape index (κ3) is 4.31.